The van der Waals surface area contributed by atoms with Crippen molar-refractivity contribution < 1.29 is 28.8 Å². The zero-order chi connectivity index (χ0) is 36.2. The van der Waals surface area contributed by atoms with Crippen LogP contribution in [0.25, 0.3) is 0 Å². The first-order valence-electron chi connectivity index (χ1n) is 17.9. The van der Waals surface area contributed by atoms with Gasteiger partial charge >= 0.3 is 0 Å². The van der Waals surface area contributed by atoms with Gasteiger partial charge in [-0.15, -0.1) is 0 Å². The number of hydrogen-bond donors (Lipinski definition) is 3. The minimum Gasteiger partial charge on any atom is -0.389 e. The van der Waals surface area contributed by atoms with Crippen LogP contribution in [0.4, 0.5) is 5.69 Å². The number of piperidine rings is 1. The molecule has 1 atom stereocenters. The second-order valence-electron chi connectivity index (χ2n) is 13.9. The molecule has 12 heteroatoms. The van der Waals surface area contributed by atoms with Crippen LogP contribution >= 0.6 is 0 Å². The maximum atomic E-state index is 13.2. The number of amides is 4. The molecular weight excluding hydrogens is 660 g/mol. The van der Waals surface area contributed by atoms with E-state index in [0.717, 1.165) is 50.4 Å². The van der Waals surface area contributed by atoms with E-state index in [1.54, 1.807) is 36.5 Å². The van der Waals surface area contributed by atoms with E-state index in [0.29, 0.717) is 41.8 Å². The molecule has 1 aliphatic carbocycles. The van der Waals surface area contributed by atoms with Gasteiger partial charge in [0.25, 0.3) is 11.8 Å². The van der Waals surface area contributed by atoms with Crippen molar-refractivity contribution in [3.8, 4) is 0 Å². The monoisotopic (exact) mass is 702 g/mol. The summed E-state index contributed by atoms with van der Waals surface area (Å²) in [5, 5.41) is 8.46. The number of allylic oxidation sites excluding steroid dienone is 1. The van der Waals surface area contributed by atoms with E-state index in [1.807, 2.05) is 42.5 Å². The van der Waals surface area contributed by atoms with Crippen molar-refractivity contribution in [1.29, 1.82) is 0 Å². The molecule has 268 valence electrons. The number of carbonyl (C=O) groups excluding carboxylic acids is 6. The Kier molecular flexibility index (Phi) is 10.4. The van der Waals surface area contributed by atoms with Crippen LogP contribution < -0.4 is 16.0 Å². The third kappa shape index (κ3) is 7.73. The van der Waals surface area contributed by atoms with E-state index in [1.165, 1.54) is 4.90 Å². The first-order chi connectivity index (χ1) is 25.2. The van der Waals surface area contributed by atoms with Gasteiger partial charge < -0.3 is 15.5 Å². The average Bonchev–Trinajstić information content (AvgIpc) is 3.48. The molecule has 1 unspecified atom stereocenters. The lowest BCUT2D eigenvalue weighted by molar-refractivity contribution is -0.137. The molecule has 3 aromatic rings. The number of benzene rings is 3. The van der Waals surface area contributed by atoms with Crippen LogP contribution in [-0.2, 0) is 32.3 Å². The zero-order valence-corrected chi connectivity index (χ0v) is 28.9. The summed E-state index contributed by atoms with van der Waals surface area (Å²) in [5.74, 6) is -1.65. The third-order valence-corrected chi connectivity index (χ3v) is 10.5. The summed E-state index contributed by atoms with van der Waals surface area (Å²) in [7, 11) is 0. The maximum Gasteiger partial charge on any atom is 0.255 e. The molecule has 3 fully saturated rings. The number of rotatable bonds is 10. The molecule has 0 spiro atoms. The summed E-state index contributed by atoms with van der Waals surface area (Å²) in [6, 6.07) is 21.7. The van der Waals surface area contributed by atoms with Crippen molar-refractivity contribution in [2.24, 2.45) is 0 Å². The number of fused-ring (bicyclic) bond motifs is 1. The largest absolute Gasteiger partial charge is 0.389 e. The molecule has 0 bridgehead atoms. The lowest BCUT2D eigenvalue weighted by Gasteiger charge is -2.34. The summed E-state index contributed by atoms with van der Waals surface area (Å²) in [6.07, 6.45) is 2.77. The van der Waals surface area contributed by atoms with Gasteiger partial charge in [-0.25, -0.2) is 0 Å². The highest BCUT2D eigenvalue weighted by Gasteiger charge is 2.40. The molecular formula is C40H42N6O6. The smallest absolute Gasteiger partial charge is 0.255 e. The van der Waals surface area contributed by atoms with Gasteiger partial charge in [0.15, 0.2) is 11.6 Å². The van der Waals surface area contributed by atoms with E-state index >= 15 is 0 Å². The Bertz CT molecular complexity index is 1900. The average molecular weight is 703 g/mol. The highest BCUT2D eigenvalue weighted by molar-refractivity contribution is 6.22. The highest BCUT2D eigenvalue weighted by Crippen LogP contribution is 2.33. The Balaban J connectivity index is 0.847. The zero-order valence-electron chi connectivity index (χ0n) is 28.9. The third-order valence-electron chi connectivity index (χ3n) is 10.5. The number of imide groups is 1. The molecule has 12 nitrogen and oxygen atoms in total. The van der Waals surface area contributed by atoms with Gasteiger partial charge in [-0.05, 0) is 47.7 Å². The molecule has 4 aliphatic rings. The van der Waals surface area contributed by atoms with Gasteiger partial charge in [-0.2, -0.15) is 0 Å². The van der Waals surface area contributed by atoms with Crippen LogP contribution in [-0.4, -0.2) is 95.2 Å². The van der Waals surface area contributed by atoms with Crippen molar-refractivity contribution in [1.82, 2.24) is 25.3 Å². The van der Waals surface area contributed by atoms with E-state index in [4.69, 9.17) is 0 Å². The molecule has 3 N–H and O–H groups in total. The number of nitrogens with zero attached hydrogens (tertiary/aromatic N) is 3. The molecule has 7 rings (SSSR count). The van der Waals surface area contributed by atoms with Crippen molar-refractivity contribution in [3.63, 3.8) is 0 Å². The predicted molar refractivity (Wildman–Crippen MR) is 193 cm³/mol. The summed E-state index contributed by atoms with van der Waals surface area (Å²) in [6.45, 7) is 6.00. The molecule has 3 aromatic carbocycles. The minimum atomic E-state index is -0.724. The van der Waals surface area contributed by atoms with Crippen LogP contribution in [0.1, 0.15) is 69.0 Å². The fourth-order valence-electron chi connectivity index (χ4n) is 7.50. The molecule has 0 radical (unpaired) electrons. The maximum absolute atomic E-state index is 13.2. The normalized spacial score (nSPS) is 21.2. The Hall–Kier alpha value is -5.46. The fraction of sp³-hybridized carbons (Fsp3) is 0.350. The molecule has 1 saturated carbocycles. The topological polar surface area (TPSA) is 148 Å². The van der Waals surface area contributed by atoms with Crippen molar-refractivity contribution in [2.75, 3.05) is 44.6 Å². The van der Waals surface area contributed by atoms with E-state index in [-0.39, 0.29) is 60.2 Å². The molecule has 3 heterocycles. The number of ketones is 2. The van der Waals surface area contributed by atoms with Gasteiger partial charge in [0.05, 0.1) is 5.57 Å². The number of hydrogen-bond acceptors (Lipinski definition) is 9. The molecule has 4 amide bonds. The van der Waals surface area contributed by atoms with Gasteiger partial charge in [0.1, 0.15) is 6.04 Å². The van der Waals surface area contributed by atoms with Gasteiger partial charge in [-0.1, -0.05) is 48.5 Å². The quantitative estimate of drug-likeness (QED) is 0.126. The number of anilines is 1. The Morgan fingerprint density at radius 3 is 2.25 bits per heavy atom. The van der Waals surface area contributed by atoms with Gasteiger partial charge in [0.2, 0.25) is 11.8 Å². The first kappa shape index (κ1) is 35.0. The molecule has 3 aliphatic heterocycles. The highest BCUT2D eigenvalue weighted by atomic mass is 16.2. The second-order valence-corrected chi connectivity index (χ2v) is 13.9. The second kappa shape index (κ2) is 15.4. The summed E-state index contributed by atoms with van der Waals surface area (Å²) in [4.78, 5) is 82.1. The van der Waals surface area contributed by atoms with Gasteiger partial charge in [0, 0.05) is 100 Å². The molecule has 0 aromatic heterocycles. The predicted octanol–water partition coefficient (Wildman–Crippen LogP) is 3.01. The standard InChI is InChI=1S/C40H42N6O6/c47-35-21-29(27-5-2-1-3-6-27)22-36(48)31(35)23-41-15-16-44-17-19-45(20-18-44)24-26-9-11-28(12-10-26)38(50)42-33-8-4-7-30-32(33)25-46(40(30)52)34-13-14-37(49)43-39(34)51/h1-12,23,29,34,41H,13-22,24-25H2,(H,42,50)(H,43,49,51). The van der Waals surface area contributed by atoms with Crippen LogP contribution in [0.3, 0.4) is 0 Å². The van der Waals surface area contributed by atoms with Crippen LogP contribution in [0.2, 0.25) is 0 Å². The number of carbonyl (C=O) groups is 6. The van der Waals surface area contributed by atoms with E-state index < -0.39 is 11.9 Å². The number of piperazine rings is 1. The van der Waals surface area contributed by atoms with Crippen LogP contribution in [0.5, 0.6) is 0 Å². The Morgan fingerprint density at radius 2 is 1.54 bits per heavy atom. The van der Waals surface area contributed by atoms with Crippen LogP contribution in [0.15, 0.2) is 84.6 Å². The van der Waals surface area contributed by atoms with Crippen molar-refractivity contribution in [2.45, 2.75) is 50.7 Å². The molecule has 2 saturated heterocycles. The van der Waals surface area contributed by atoms with Gasteiger partial charge in [-0.3, -0.25) is 43.9 Å². The molecule has 52 heavy (non-hydrogen) atoms. The van der Waals surface area contributed by atoms with Crippen molar-refractivity contribution in [3.05, 3.63) is 112 Å². The van der Waals surface area contributed by atoms with E-state index in [2.05, 4.69) is 25.8 Å². The lowest BCUT2D eigenvalue weighted by Crippen LogP contribution is -2.52. The first-order valence-corrected chi connectivity index (χ1v) is 17.9. The SMILES string of the molecule is O=C1CCC(N2Cc3c(NC(=O)c4ccc(CN5CCN(CCNC=C6C(=O)CC(c7ccccc7)CC6=O)CC5)cc4)cccc3C2=O)C(=O)N1. The van der Waals surface area contributed by atoms with Crippen LogP contribution in [0, 0.1) is 0 Å². The minimum absolute atomic E-state index is 0.0510. The van der Waals surface area contributed by atoms with E-state index in [9.17, 15) is 28.8 Å². The lowest BCUT2D eigenvalue weighted by atomic mass is 9.80. The summed E-state index contributed by atoms with van der Waals surface area (Å²) >= 11 is 0. The fourth-order valence-corrected chi connectivity index (χ4v) is 7.50. The Labute approximate surface area is 302 Å². The summed E-state index contributed by atoms with van der Waals surface area (Å²) < 4.78 is 0. The Morgan fingerprint density at radius 1 is 0.827 bits per heavy atom. The number of nitrogens with one attached hydrogen (secondary N) is 3. The summed E-state index contributed by atoms with van der Waals surface area (Å²) in [5.41, 5.74) is 4.52. The number of Topliss-reactive ketones (excluding diaryl/α,β-unsaturated/α-hetero) is 2. The van der Waals surface area contributed by atoms with Crippen molar-refractivity contribution >= 4 is 40.9 Å².